The maximum Gasteiger partial charge on any atom is 0.471 e. The highest BCUT2D eigenvalue weighted by Crippen LogP contribution is 2.37. The largest absolute Gasteiger partial charge is 0.496 e. The summed E-state index contributed by atoms with van der Waals surface area (Å²) in [7, 11) is 1.50. The molecule has 3 aromatic carbocycles. The van der Waals surface area contributed by atoms with Crippen LogP contribution in [0.4, 0.5) is 18.9 Å². The number of rotatable bonds is 10. The summed E-state index contributed by atoms with van der Waals surface area (Å²) in [4.78, 5) is 28.9. The molecule has 1 aliphatic rings. The van der Waals surface area contributed by atoms with E-state index < -0.39 is 43.2 Å². The van der Waals surface area contributed by atoms with Crippen molar-refractivity contribution in [2.75, 3.05) is 38.3 Å². The molecule has 8 nitrogen and oxygen atoms in total. The van der Waals surface area contributed by atoms with Crippen molar-refractivity contribution < 1.29 is 37.3 Å². The molecular weight excluding hydrogens is 607 g/mol. The van der Waals surface area contributed by atoms with Crippen molar-refractivity contribution in [3.05, 3.63) is 64.6 Å². The van der Waals surface area contributed by atoms with Gasteiger partial charge in [0.1, 0.15) is 24.1 Å². The Morgan fingerprint density at radius 2 is 2.00 bits per heavy atom. The minimum atomic E-state index is -5.22. The minimum Gasteiger partial charge on any atom is -0.496 e. The summed E-state index contributed by atoms with van der Waals surface area (Å²) in [5.41, 5.74) is 1.01. The van der Waals surface area contributed by atoms with Crippen LogP contribution in [-0.4, -0.2) is 73.5 Å². The monoisotopic (exact) mass is 637 g/mol. The third kappa shape index (κ3) is 6.77. The fourth-order valence-corrected chi connectivity index (χ4v) is 5.32. The topological polar surface area (TPSA) is 91.3 Å². The molecule has 4 rings (SSSR count). The van der Waals surface area contributed by atoms with Crippen LogP contribution in [0.15, 0.2) is 59.1 Å². The van der Waals surface area contributed by atoms with Gasteiger partial charge in [-0.15, -0.1) is 0 Å². The first kappa shape index (κ1) is 30.6. The number of benzene rings is 3. The molecule has 0 radical (unpaired) electrons. The number of fused-ring (bicyclic) bond motifs is 2. The Kier molecular flexibility index (Phi) is 9.77. The van der Waals surface area contributed by atoms with Gasteiger partial charge in [-0.25, -0.2) is 0 Å². The van der Waals surface area contributed by atoms with Crippen LogP contribution < -0.4 is 19.7 Å². The molecule has 0 unspecified atom stereocenters. The Balaban J connectivity index is 1.81. The summed E-state index contributed by atoms with van der Waals surface area (Å²) in [5, 5.41) is 13.8. The van der Waals surface area contributed by atoms with Crippen LogP contribution in [0, 0.1) is 0 Å². The number of hydrogen-bond donors (Lipinski definition) is 2. The number of nitrogens with zero attached hydrogens (tertiary/aromatic N) is 2. The highest BCUT2D eigenvalue weighted by Gasteiger charge is 2.48. The van der Waals surface area contributed by atoms with E-state index in [0.717, 1.165) is 15.2 Å². The number of para-hydroxylation sites is 2. The second kappa shape index (κ2) is 13.1. The molecule has 0 bridgehead atoms. The zero-order valence-electron chi connectivity index (χ0n) is 22.6. The Bertz CT molecular complexity index is 1400. The standard InChI is InChI=1S/C29H31BrF3N3O5/c1-3-20(34-12-13-37)15-36(28(39)29(31,32)33)24-17-41-26-7-5-4-6-23(26)35(27(24)38)16-22-21-10-9-19(30)14-18(21)8-11-25(22)40-2/h4-11,14,20,24,34,37H,3,12-13,15-17H2,1-2H3/t20-,24-/m0/s1. The quantitative estimate of drug-likeness (QED) is 0.336. The van der Waals surface area contributed by atoms with E-state index >= 15 is 0 Å². The summed E-state index contributed by atoms with van der Waals surface area (Å²) in [6.07, 6.45) is -4.86. The van der Waals surface area contributed by atoms with E-state index in [9.17, 15) is 27.9 Å². The molecule has 41 heavy (non-hydrogen) atoms. The number of methoxy groups -OCH3 is 1. The van der Waals surface area contributed by atoms with E-state index in [0.29, 0.717) is 34.1 Å². The highest BCUT2D eigenvalue weighted by molar-refractivity contribution is 9.10. The van der Waals surface area contributed by atoms with Crippen molar-refractivity contribution in [3.63, 3.8) is 0 Å². The second-order valence-electron chi connectivity index (χ2n) is 9.57. The van der Waals surface area contributed by atoms with Gasteiger partial charge in [0.25, 0.3) is 5.91 Å². The van der Waals surface area contributed by atoms with E-state index in [2.05, 4.69) is 21.2 Å². The summed E-state index contributed by atoms with van der Waals surface area (Å²) >= 11 is 3.47. The lowest BCUT2D eigenvalue weighted by molar-refractivity contribution is -0.189. The zero-order valence-corrected chi connectivity index (χ0v) is 24.2. The van der Waals surface area contributed by atoms with Crippen LogP contribution in [0.1, 0.15) is 18.9 Å². The summed E-state index contributed by atoms with van der Waals surface area (Å²) in [6.45, 7) is 0.697. The predicted molar refractivity (Wildman–Crippen MR) is 152 cm³/mol. The van der Waals surface area contributed by atoms with Crippen LogP contribution in [0.25, 0.3) is 10.8 Å². The Morgan fingerprint density at radius 1 is 1.24 bits per heavy atom. The van der Waals surface area contributed by atoms with Gasteiger partial charge in [0.05, 0.1) is 25.9 Å². The molecule has 0 aliphatic carbocycles. The number of anilines is 1. The van der Waals surface area contributed by atoms with Gasteiger partial charge in [0.15, 0.2) is 0 Å². The molecule has 1 heterocycles. The van der Waals surface area contributed by atoms with Crippen molar-refractivity contribution in [2.24, 2.45) is 0 Å². The van der Waals surface area contributed by atoms with Gasteiger partial charge in [0.2, 0.25) is 0 Å². The summed E-state index contributed by atoms with van der Waals surface area (Å²) in [6, 6.07) is 13.8. The van der Waals surface area contributed by atoms with Gasteiger partial charge < -0.3 is 29.7 Å². The third-order valence-corrected chi connectivity index (χ3v) is 7.52. The lowest BCUT2D eigenvalue weighted by Gasteiger charge is -2.35. The van der Waals surface area contributed by atoms with Gasteiger partial charge in [-0.1, -0.05) is 47.1 Å². The highest BCUT2D eigenvalue weighted by atomic mass is 79.9. The van der Waals surface area contributed by atoms with Gasteiger partial charge in [0, 0.05) is 29.2 Å². The first-order valence-electron chi connectivity index (χ1n) is 13.1. The Labute approximate surface area is 244 Å². The number of amides is 2. The Morgan fingerprint density at radius 3 is 2.68 bits per heavy atom. The molecule has 2 N–H and O–H groups in total. The van der Waals surface area contributed by atoms with Gasteiger partial charge in [-0.05, 0) is 47.5 Å². The fraction of sp³-hybridized carbons (Fsp3) is 0.379. The first-order chi connectivity index (χ1) is 19.6. The number of carbonyl (C=O) groups excluding carboxylic acids is 2. The smallest absolute Gasteiger partial charge is 0.471 e. The van der Waals surface area contributed by atoms with E-state index in [-0.39, 0.29) is 19.7 Å². The summed E-state index contributed by atoms with van der Waals surface area (Å²) in [5.74, 6) is -2.06. The van der Waals surface area contributed by atoms with Gasteiger partial charge >= 0.3 is 12.1 Å². The van der Waals surface area contributed by atoms with Crippen LogP contribution in [0.5, 0.6) is 11.5 Å². The predicted octanol–water partition coefficient (Wildman–Crippen LogP) is 4.66. The SMILES string of the molecule is CC[C@@H](CN(C(=O)C(F)(F)F)[C@H]1COc2ccccc2N(Cc2c(OC)ccc3cc(Br)ccc23)C1=O)NCCO. The zero-order chi connectivity index (χ0) is 29.7. The molecule has 0 fully saturated rings. The molecule has 0 saturated heterocycles. The number of halogens is 4. The van der Waals surface area contributed by atoms with Crippen molar-refractivity contribution in [3.8, 4) is 11.5 Å². The maximum absolute atomic E-state index is 14.2. The molecule has 0 spiro atoms. The molecule has 2 atom stereocenters. The van der Waals surface area contributed by atoms with Crippen LogP contribution in [0.2, 0.25) is 0 Å². The lowest BCUT2D eigenvalue weighted by atomic mass is 10.0. The molecule has 12 heteroatoms. The number of aliphatic hydroxyl groups is 1. The number of aliphatic hydroxyl groups excluding tert-OH is 1. The van der Waals surface area contributed by atoms with E-state index in [1.54, 1.807) is 37.3 Å². The minimum absolute atomic E-state index is 0.0497. The number of nitrogens with one attached hydrogen (secondary N) is 1. The molecular formula is C29H31BrF3N3O5. The van der Waals surface area contributed by atoms with E-state index in [1.165, 1.54) is 12.0 Å². The molecule has 3 aromatic rings. The molecule has 1 aliphatic heterocycles. The maximum atomic E-state index is 14.2. The van der Waals surface area contributed by atoms with Crippen LogP contribution in [-0.2, 0) is 16.1 Å². The normalized spacial score (nSPS) is 16.1. The van der Waals surface area contributed by atoms with E-state index in [4.69, 9.17) is 9.47 Å². The van der Waals surface area contributed by atoms with E-state index in [1.807, 2.05) is 24.3 Å². The first-order valence-corrected chi connectivity index (χ1v) is 13.9. The number of hydrogen-bond acceptors (Lipinski definition) is 6. The molecule has 220 valence electrons. The average molecular weight is 638 g/mol. The van der Waals surface area contributed by atoms with Crippen LogP contribution >= 0.6 is 15.9 Å². The number of carbonyl (C=O) groups is 2. The lowest BCUT2D eigenvalue weighted by Crippen LogP contribution is -2.59. The third-order valence-electron chi connectivity index (χ3n) is 7.02. The van der Waals surface area contributed by atoms with Crippen molar-refractivity contribution in [1.82, 2.24) is 10.2 Å². The van der Waals surface area contributed by atoms with Crippen molar-refractivity contribution >= 4 is 44.2 Å². The molecule has 0 aromatic heterocycles. The number of ether oxygens (including phenoxy) is 2. The molecule has 2 amide bonds. The average Bonchev–Trinajstić information content (AvgIpc) is 3.08. The molecule has 0 saturated carbocycles. The second-order valence-corrected chi connectivity index (χ2v) is 10.5. The van der Waals surface area contributed by atoms with Crippen molar-refractivity contribution in [1.29, 1.82) is 0 Å². The van der Waals surface area contributed by atoms with Crippen LogP contribution in [0.3, 0.4) is 0 Å². The Hall–Kier alpha value is -3.35. The van der Waals surface area contributed by atoms with Crippen molar-refractivity contribution in [2.45, 2.75) is 38.1 Å². The van der Waals surface area contributed by atoms with Gasteiger partial charge in [-0.3, -0.25) is 9.59 Å². The fourth-order valence-electron chi connectivity index (χ4n) is 4.94. The summed E-state index contributed by atoms with van der Waals surface area (Å²) < 4.78 is 53.9. The number of alkyl halides is 3. The van der Waals surface area contributed by atoms with Gasteiger partial charge in [-0.2, -0.15) is 13.2 Å².